The zero-order valence-electron chi connectivity index (χ0n) is 17.0. The van der Waals surface area contributed by atoms with E-state index >= 15 is 0 Å². The predicted molar refractivity (Wildman–Crippen MR) is 119 cm³/mol. The Balaban J connectivity index is 1.35. The molecule has 0 unspecified atom stereocenters. The van der Waals surface area contributed by atoms with Crippen molar-refractivity contribution in [3.8, 4) is 17.1 Å². The van der Waals surface area contributed by atoms with Gasteiger partial charge in [-0.15, -0.1) is 0 Å². The van der Waals surface area contributed by atoms with Gasteiger partial charge in [-0.2, -0.15) is 0 Å². The van der Waals surface area contributed by atoms with Gasteiger partial charge < -0.3 is 24.7 Å². The largest absolute Gasteiger partial charge is 0.495 e. The van der Waals surface area contributed by atoms with Crippen LogP contribution in [-0.4, -0.2) is 44.1 Å². The highest BCUT2D eigenvalue weighted by atomic mass is 16.5. The standard InChI is InChI=1S/C24H25N3O3/c1-29-23-5-3-2-4-21(23)26-14-16-27(17-15-26)24(28)13-11-20-10-12-22(30-20)18-6-8-19(25)9-7-18/h2-13H,14-17,25H2,1H3/b13-11+. The Morgan fingerprint density at radius 3 is 2.47 bits per heavy atom. The van der Waals surface area contributed by atoms with E-state index in [0.717, 1.165) is 35.9 Å². The molecule has 3 aromatic rings. The number of para-hydroxylation sites is 2. The van der Waals surface area contributed by atoms with Crippen LogP contribution in [0.15, 0.2) is 71.2 Å². The number of carbonyl (C=O) groups excluding carboxylic acids is 1. The Bertz CT molecular complexity index is 1030. The summed E-state index contributed by atoms with van der Waals surface area (Å²) >= 11 is 0. The highest BCUT2D eigenvalue weighted by Gasteiger charge is 2.21. The van der Waals surface area contributed by atoms with Crippen molar-refractivity contribution in [2.24, 2.45) is 0 Å². The molecular weight excluding hydrogens is 378 g/mol. The summed E-state index contributed by atoms with van der Waals surface area (Å²) in [6, 6.07) is 19.2. The minimum Gasteiger partial charge on any atom is -0.495 e. The molecule has 6 nitrogen and oxygen atoms in total. The van der Waals surface area contributed by atoms with Crippen molar-refractivity contribution >= 4 is 23.4 Å². The molecule has 0 bridgehead atoms. The van der Waals surface area contributed by atoms with Crippen molar-refractivity contribution in [1.29, 1.82) is 0 Å². The summed E-state index contributed by atoms with van der Waals surface area (Å²) in [7, 11) is 1.68. The second-order valence-electron chi connectivity index (χ2n) is 7.14. The molecule has 2 N–H and O–H groups in total. The van der Waals surface area contributed by atoms with Crippen LogP contribution in [0.2, 0.25) is 0 Å². The molecule has 0 aliphatic carbocycles. The average Bonchev–Trinajstić information content (AvgIpc) is 3.27. The monoisotopic (exact) mass is 403 g/mol. The summed E-state index contributed by atoms with van der Waals surface area (Å²) in [5, 5.41) is 0. The zero-order chi connectivity index (χ0) is 20.9. The summed E-state index contributed by atoms with van der Waals surface area (Å²) in [6.07, 6.45) is 3.29. The normalized spacial score (nSPS) is 14.3. The molecule has 1 amide bonds. The Hall–Kier alpha value is -3.67. The van der Waals surface area contributed by atoms with Crippen LogP contribution in [0.1, 0.15) is 5.76 Å². The number of benzene rings is 2. The molecule has 2 aromatic carbocycles. The Labute approximate surface area is 176 Å². The fourth-order valence-corrected chi connectivity index (χ4v) is 3.56. The molecule has 1 aliphatic rings. The highest BCUT2D eigenvalue weighted by Crippen LogP contribution is 2.28. The quantitative estimate of drug-likeness (QED) is 0.517. The summed E-state index contributed by atoms with van der Waals surface area (Å²) in [5.74, 6) is 2.22. The number of anilines is 2. The van der Waals surface area contributed by atoms with E-state index < -0.39 is 0 Å². The van der Waals surface area contributed by atoms with Crippen LogP contribution in [-0.2, 0) is 4.79 Å². The van der Waals surface area contributed by atoms with Crippen molar-refractivity contribution in [1.82, 2.24) is 4.90 Å². The Kier molecular flexibility index (Phi) is 5.75. The fourth-order valence-electron chi connectivity index (χ4n) is 3.56. The summed E-state index contributed by atoms with van der Waals surface area (Å²) in [4.78, 5) is 16.7. The Morgan fingerprint density at radius 2 is 1.73 bits per heavy atom. The molecule has 1 aliphatic heterocycles. The number of piperazine rings is 1. The second-order valence-corrected chi connectivity index (χ2v) is 7.14. The number of nitrogens with two attached hydrogens (primary N) is 1. The van der Waals surface area contributed by atoms with E-state index in [1.807, 2.05) is 65.6 Å². The van der Waals surface area contributed by atoms with Crippen LogP contribution in [0, 0.1) is 0 Å². The molecule has 6 heteroatoms. The number of nitrogen functional groups attached to an aromatic ring is 1. The molecule has 0 atom stereocenters. The number of rotatable bonds is 5. The van der Waals surface area contributed by atoms with Gasteiger partial charge in [0.15, 0.2) is 0 Å². The molecule has 1 fully saturated rings. The van der Waals surface area contributed by atoms with Crippen LogP contribution in [0.5, 0.6) is 5.75 Å². The fraction of sp³-hybridized carbons (Fsp3) is 0.208. The second kappa shape index (κ2) is 8.78. The van der Waals surface area contributed by atoms with Gasteiger partial charge in [0.2, 0.25) is 5.91 Å². The van der Waals surface area contributed by atoms with E-state index in [2.05, 4.69) is 4.90 Å². The third kappa shape index (κ3) is 4.33. The first kappa shape index (κ1) is 19.6. The van der Waals surface area contributed by atoms with Crippen molar-refractivity contribution in [2.75, 3.05) is 43.9 Å². The van der Waals surface area contributed by atoms with Crippen LogP contribution in [0.3, 0.4) is 0 Å². The number of nitrogens with zero attached hydrogens (tertiary/aromatic N) is 2. The van der Waals surface area contributed by atoms with Gasteiger partial charge in [-0.25, -0.2) is 0 Å². The molecule has 154 valence electrons. The van der Waals surface area contributed by atoms with E-state index in [4.69, 9.17) is 14.9 Å². The minimum atomic E-state index is -0.0138. The SMILES string of the molecule is COc1ccccc1N1CCN(C(=O)/C=C/c2ccc(-c3ccc(N)cc3)o2)CC1. The number of hydrogen-bond donors (Lipinski definition) is 1. The number of carbonyl (C=O) groups is 1. The molecule has 1 aromatic heterocycles. The lowest BCUT2D eigenvalue weighted by atomic mass is 10.1. The molecule has 1 saturated heterocycles. The molecule has 0 spiro atoms. The first-order chi connectivity index (χ1) is 14.6. The summed E-state index contributed by atoms with van der Waals surface area (Å²) in [6.45, 7) is 2.86. The number of hydrogen-bond acceptors (Lipinski definition) is 5. The number of methoxy groups -OCH3 is 1. The smallest absolute Gasteiger partial charge is 0.246 e. The van der Waals surface area contributed by atoms with E-state index in [9.17, 15) is 4.79 Å². The highest BCUT2D eigenvalue weighted by molar-refractivity contribution is 5.91. The lowest BCUT2D eigenvalue weighted by Gasteiger charge is -2.36. The van der Waals surface area contributed by atoms with Gasteiger partial charge in [0, 0.05) is 43.5 Å². The average molecular weight is 403 g/mol. The van der Waals surface area contributed by atoms with E-state index in [1.54, 1.807) is 19.3 Å². The number of furan rings is 1. The lowest BCUT2D eigenvalue weighted by molar-refractivity contribution is -0.126. The molecule has 30 heavy (non-hydrogen) atoms. The van der Waals surface area contributed by atoms with Crippen molar-refractivity contribution in [2.45, 2.75) is 0 Å². The summed E-state index contributed by atoms with van der Waals surface area (Å²) in [5.41, 5.74) is 8.45. The molecular formula is C24H25N3O3. The number of amides is 1. The van der Waals surface area contributed by atoms with Gasteiger partial charge in [-0.3, -0.25) is 4.79 Å². The van der Waals surface area contributed by atoms with Gasteiger partial charge >= 0.3 is 0 Å². The van der Waals surface area contributed by atoms with Gasteiger partial charge in [-0.05, 0) is 54.6 Å². The van der Waals surface area contributed by atoms with E-state index in [1.165, 1.54) is 0 Å². The maximum atomic E-state index is 12.6. The van der Waals surface area contributed by atoms with Gasteiger partial charge in [-0.1, -0.05) is 12.1 Å². The van der Waals surface area contributed by atoms with Crippen molar-refractivity contribution in [3.05, 3.63) is 72.5 Å². The van der Waals surface area contributed by atoms with Crippen molar-refractivity contribution in [3.63, 3.8) is 0 Å². The lowest BCUT2D eigenvalue weighted by Crippen LogP contribution is -2.48. The van der Waals surface area contributed by atoms with Crippen LogP contribution in [0.25, 0.3) is 17.4 Å². The first-order valence-corrected chi connectivity index (χ1v) is 9.95. The molecule has 2 heterocycles. The molecule has 0 radical (unpaired) electrons. The number of ether oxygens (including phenoxy) is 1. The van der Waals surface area contributed by atoms with Gasteiger partial charge in [0.05, 0.1) is 12.8 Å². The van der Waals surface area contributed by atoms with Gasteiger partial charge in [0.1, 0.15) is 17.3 Å². The molecule has 0 saturated carbocycles. The van der Waals surface area contributed by atoms with Crippen molar-refractivity contribution < 1.29 is 13.9 Å². The van der Waals surface area contributed by atoms with Crippen LogP contribution < -0.4 is 15.4 Å². The minimum absolute atomic E-state index is 0.0138. The van der Waals surface area contributed by atoms with E-state index in [0.29, 0.717) is 24.5 Å². The topological polar surface area (TPSA) is 71.9 Å². The third-order valence-electron chi connectivity index (χ3n) is 5.23. The van der Waals surface area contributed by atoms with E-state index in [-0.39, 0.29) is 5.91 Å². The predicted octanol–water partition coefficient (Wildman–Crippen LogP) is 3.90. The molecule has 4 rings (SSSR count). The van der Waals surface area contributed by atoms with Crippen LogP contribution >= 0.6 is 0 Å². The summed E-state index contributed by atoms with van der Waals surface area (Å²) < 4.78 is 11.3. The third-order valence-corrected chi connectivity index (χ3v) is 5.23. The maximum Gasteiger partial charge on any atom is 0.246 e. The maximum absolute atomic E-state index is 12.6. The first-order valence-electron chi connectivity index (χ1n) is 9.95. The van der Waals surface area contributed by atoms with Gasteiger partial charge in [0.25, 0.3) is 0 Å². The van der Waals surface area contributed by atoms with Crippen LogP contribution in [0.4, 0.5) is 11.4 Å². The Morgan fingerprint density at radius 1 is 1.00 bits per heavy atom. The zero-order valence-corrected chi connectivity index (χ0v) is 17.0.